The third-order valence-electron chi connectivity index (χ3n) is 4.16. The lowest BCUT2D eigenvalue weighted by molar-refractivity contribution is 0.0939. The van der Waals surface area contributed by atoms with E-state index in [4.69, 9.17) is 0 Å². The molecule has 136 valence electrons. The number of halogens is 1. The van der Waals surface area contributed by atoms with Crippen molar-refractivity contribution in [1.29, 1.82) is 0 Å². The Hall–Kier alpha value is -3.33. The number of carbonyl (C=O) groups excluding carboxylic acids is 1. The molecule has 0 aliphatic rings. The van der Waals surface area contributed by atoms with Crippen LogP contribution >= 0.6 is 11.3 Å². The van der Waals surface area contributed by atoms with Crippen LogP contribution in [0.15, 0.2) is 59.2 Å². The summed E-state index contributed by atoms with van der Waals surface area (Å²) in [5, 5.41) is 4.50. The molecule has 1 amide bonds. The van der Waals surface area contributed by atoms with Crippen molar-refractivity contribution in [3.8, 4) is 0 Å². The normalized spacial score (nSPS) is 12.2. The quantitative estimate of drug-likeness (QED) is 0.586. The van der Waals surface area contributed by atoms with Crippen LogP contribution in [0.25, 0.3) is 4.96 Å². The molecule has 0 aliphatic carbocycles. The van der Waals surface area contributed by atoms with Crippen LogP contribution in [0.1, 0.15) is 27.8 Å². The van der Waals surface area contributed by atoms with Crippen molar-refractivity contribution in [2.24, 2.45) is 7.05 Å². The maximum absolute atomic E-state index is 13.7. The number of rotatable bonds is 4. The van der Waals surface area contributed by atoms with Crippen LogP contribution in [-0.4, -0.2) is 24.8 Å². The van der Waals surface area contributed by atoms with E-state index in [1.165, 1.54) is 34.1 Å². The molecule has 0 saturated heterocycles. The standard InChI is InChI=1S/C18H14FN5O2S/c1-23-6-5-20-15(23)14(11-3-2-4-12(19)9-11)22-16(25)13-10-21-18-24(17(13)26)7-8-27-18/h2-10,14H,1H3,(H,22,25)/t14-/m0/s1. The molecule has 0 saturated carbocycles. The number of nitrogens with zero attached hydrogens (tertiary/aromatic N) is 4. The van der Waals surface area contributed by atoms with Crippen LogP contribution in [0.2, 0.25) is 0 Å². The smallest absolute Gasteiger partial charge is 0.271 e. The summed E-state index contributed by atoms with van der Waals surface area (Å²) in [6.45, 7) is 0. The van der Waals surface area contributed by atoms with Crippen molar-refractivity contribution < 1.29 is 9.18 Å². The first-order valence-corrected chi connectivity index (χ1v) is 8.91. The lowest BCUT2D eigenvalue weighted by Gasteiger charge is -2.19. The van der Waals surface area contributed by atoms with Crippen LogP contribution < -0.4 is 10.9 Å². The van der Waals surface area contributed by atoms with Crippen LogP contribution in [-0.2, 0) is 7.05 Å². The van der Waals surface area contributed by atoms with E-state index in [1.54, 1.807) is 47.7 Å². The number of hydrogen-bond donors (Lipinski definition) is 1. The van der Waals surface area contributed by atoms with Crippen molar-refractivity contribution in [3.63, 3.8) is 0 Å². The van der Waals surface area contributed by atoms with Crippen LogP contribution in [0, 0.1) is 5.82 Å². The Morgan fingerprint density at radius 3 is 2.89 bits per heavy atom. The van der Waals surface area contributed by atoms with Gasteiger partial charge < -0.3 is 9.88 Å². The Morgan fingerprint density at radius 1 is 1.30 bits per heavy atom. The number of thiazole rings is 1. The molecule has 4 aromatic rings. The molecule has 0 bridgehead atoms. The van der Waals surface area contributed by atoms with Crippen molar-refractivity contribution in [3.05, 3.63) is 87.6 Å². The van der Waals surface area contributed by atoms with Gasteiger partial charge in [-0.3, -0.25) is 14.0 Å². The molecule has 1 atom stereocenters. The lowest BCUT2D eigenvalue weighted by atomic mass is 10.1. The van der Waals surface area contributed by atoms with Gasteiger partial charge in [-0.15, -0.1) is 11.3 Å². The van der Waals surface area contributed by atoms with Crippen molar-refractivity contribution in [2.75, 3.05) is 0 Å². The topological polar surface area (TPSA) is 81.3 Å². The van der Waals surface area contributed by atoms with Crippen molar-refractivity contribution >= 4 is 22.2 Å². The van der Waals surface area contributed by atoms with Gasteiger partial charge in [-0.1, -0.05) is 12.1 Å². The van der Waals surface area contributed by atoms with Gasteiger partial charge in [0, 0.05) is 37.2 Å². The van der Waals surface area contributed by atoms with E-state index < -0.39 is 23.3 Å². The minimum absolute atomic E-state index is 0.0958. The Balaban J connectivity index is 1.75. The van der Waals surface area contributed by atoms with E-state index in [-0.39, 0.29) is 5.56 Å². The summed E-state index contributed by atoms with van der Waals surface area (Å²) < 4.78 is 16.8. The van der Waals surface area contributed by atoms with Gasteiger partial charge in [0.15, 0.2) is 4.96 Å². The summed E-state index contributed by atoms with van der Waals surface area (Å²) >= 11 is 1.30. The molecule has 0 spiro atoms. The molecule has 0 aliphatic heterocycles. The third-order valence-corrected chi connectivity index (χ3v) is 4.93. The summed E-state index contributed by atoms with van der Waals surface area (Å²) in [5.74, 6) is -0.522. The van der Waals surface area contributed by atoms with E-state index in [0.717, 1.165) is 0 Å². The maximum atomic E-state index is 13.7. The van der Waals surface area contributed by atoms with Crippen LogP contribution in [0.3, 0.4) is 0 Å². The second-order valence-electron chi connectivity index (χ2n) is 5.89. The zero-order valence-electron chi connectivity index (χ0n) is 14.2. The maximum Gasteiger partial charge on any atom is 0.271 e. The number of fused-ring (bicyclic) bond motifs is 1. The Morgan fingerprint density at radius 2 is 2.15 bits per heavy atom. The Bertz CT molecular complexity index is 1200. The highest BCUT2D eigenvalue weighted by Crippen LogP contribution is 2.21. The first-order valence-electron chi connectivity index (χ1n) is 8.03. The fraction of sp³-hybridized carbons (Fsp3) is 0.111. The number of aryl methyl sites for hydroxylation is 1. The second-order valence-corrected chi connectivity index (χ2v) is 6.76. The molecule has 1 N–H and O–H groups in total. The molecule has 9 heteroatoms. The summed E-state index contributed by atoms with van der Waals surface area (Å²) in [4.78, 5) is 34.3. The minimum Gasteiger partial charge on any atom is -0.338 e. The predicted octanol–water partition coefficient (Wildman–Crippen LogP) is 2.15. The Kier molecular flexibility index (Phi) is 4.28. The molecule has 3 aromatic heterocycles. The fourth-order valence-corrected chi connectivity index (χ4v) is 3.50. The fourth-order valence-electron chi connectivity index (χ4n) is 2.83. The molecule has 0 fully saturated rings. The summed E-state index contributed by atoms with van der Waals surface area (Å²) in [5.41, 5.74) is -0.0413. The molecule has 3 heterocycles. The van der Waals surface area contributed by atoms with Gasteiger partial charge in [0.25, 0.3) is 11.5 Å². The van der Waals surface area contributed by atoms with Crippen LogP contribution in [0.4, 0.5) is 4.39 Å². The third kappa shape index (κ3) is 3.13. The molecule has 0 unspecified atom stereocenters. The number of carbonyl (C=O) groups is 1. The van der Waals surface area contributed by atoms with Gasteiger partial charge >= 0.3 is 0 Å². The molecular formula is C18H14FN5O2S. The van der Waals surface area contributed by atoms with E-state index in [2.05, 4.69) is 15.3 Å². The molecule has 7 nitrogen and oxygen atoms in total. The average Bonchev–Trinajstić information content (AvgIpc) is 3.29. The molecule has 4 rings (SSSR count). The first-order chi connectivity index (χ1) is 13.0. The summed E-state index contributed by atoms with van der Waals surface area (Å²) in [6.07, 6.45) is 6.13. The highest BCUT2D eigenvalue weighted by molar-refractivity contribution is 7.15. The number of hydrogen-bond acceptors (Lipinski definition) is 5. The highest BCUT2D eigenvalue weighted by atomic mass is 32.1. The summed E-state index contributed by atoms with van der Waals surface area (Å²) in [6, 6.07) is 5.17. The minimum atomic E-state index is -0.726. The van der Waals surface area contributed by atoms with Gasteiger partial charge in [0.1, 0.15) is 23.2 Å². The highest BCUT2D eigenvalue weighted by Gasteiger charge is 2.24. The Labute approximate surface area is 156 Å². The van der Waals surface area contributed by atoms with E-state index in [0.29, 0.717) is 16.3 Å². The predicted molar refractivity (Wildman–Crippen MR) is 98.3 cm³/mol. The number of imidazole rings is 1. The molecule has 27 heavy (non-hydrogen) atoms. The van der Waals surface area contributed by atoms with Crippen LogP contribution in [0.5, 0.6) is 0 Å². The summed E-state index contributed by atoms with van der Waals surface area (Å²) in [7, 11) is 1.77. The number of nitrogens with one attached hydrogen (secondary N) is 1. The van der Waals surface area contributed by atoms with Gasteiger partial charge in [-0.25, -0.2) is 14.4 Å². The van der Waals surface area contributed by atoms with Gasteiger partial charge in [0.05, 0.1) is 0 Å². The van der Waals surface area contributed by atoms with E-state index in [9.17, 15) is 14.0 Å². The monoisotopic (exact) mass is 383 g/mol. The zero-order valence-corrected chi connectivity index (χ0v) is 15.0. The number of aromatic nitrogens is 4. The number of amides is 1. The SMILES string of the molecule is Cn1ccnc1[C@@H](NC(=O)c1cnc2sccn2c1=O)c1cccc(F)c1. The first kappa shape index (κ1) is 17.1. The van der Waals surface area contributed by atoms with E-state index in [1.807, 2.05) is 0 Å². The van der Waals surface area contributed by atoms with Gasteiger partial charge in [-0.05, 0) is 17.7 Å². The van der Waals surface area contributed by atoms with Gasteiger partial charge in [-0.2, -0.15) is 0 Å². The number of benzene rings is 1. The van der Waals surface area contributed by atoms with Crippen molar-refractivity contribution in [2.45, 2.75) is 6.04 Å². The largest absolute Gasteiger partial charge is 0.338 e. The molecule has 1 aromatic carbocycles. The molecular weight excluding hydrogens is 369 g/mol. The second kappa shape index (κ2) is 6.76. The zero-order chi connectivity index (χ0) is 19.0. The van der Waals surface area contributed by atoms with Crippen molar-refractivity contribution in [1.82, 2.24) is 24.3 Å². The van der Waals surface area contributed by atoms with E-state index >= 15 is 0 Å². The average molecular weight is 383 g/mol. The lowest BCUT2D eigenvalue weighted by Crippen LogP contribution is -2.35. The molecule has 0 radical (unpaired) electrons. The van der Waals surface area contributed by atoms with Gasteiger partial charge in [0.2, 0.25) is 0 Å².